The molecule has 2 rings (SSSR count). The van der Waals surface area contributed by atoms with E-state index in [2.05, 4.69) is 0 Å². The van der Waals surface area contributed by atoms with Gasteiger partial charge < -0.3 is 15.6 Å². The lowest BCUT2D eigenvalue weighted by Gasteiger charge is -2.11. The molecule has 3 N–H and O–H groups in total. The lowest BCUT2D eigenvalue weighted by Crippen LogP contribution is -1.99. The number of aromatic hydroxyl groups is 1. The molecule has 0 spiro atoms. The molecule has 0 atom stereocenters. The molecule has 0 fully saturated rings. The number of benzene rings is 2. The Balaban J connectivity index is 2.28. The van der Waals surface area contributed by atoms with Gasteiger partial charge in [-0.2, -0.15) is 0 Å². The summed E-state index contributed by atoms with van der Waals surface area (Å²) < 4.78 is 5.68. The zero-order chi connectivity index (χ0) is 17.5. The first kappa shape index (κ1) is 17.6. The molecule has 4 heteroatoms. The van der Waals surface area contributed by atoms with Crippen molar-refractivity contribution < 1.29 is 14.6 Å². The van der Waals surface area contributed by atoms with Crippen LogP contribution in [-0.2, 0) is 6.42 Å². The Morgan fingerprint density at radius 1 is 1.21 bits per heavy atom. The molecular formula is C20H23NO3. The number of rotatable bonds is 7. The summed E-state index contributed by atoms with van der Waals surface area (Å²) in [6.45, 7) is 4.53. The van der Waals surface area contributed by atoms with E-state index in [1.54, 1.807) is 36.4 Å². The van der Waals surface area contributed by atoms with Gasteiger partial charge in [-0.1, -0.05) is 13.8 Å². The number of hydrogen-bond donors (Lipinski definition) is 2. The van der Waals surface area contributed by atoms with Gasteiger partial charge in [0.1, 0.15) is 11.5 Å². The van der Waals surface area contributed by atoms with E-state index in [0.717, 1.165) is 17.5 Å². The standard InChI is InChI=1S/C20H23NO3/c1-3-11-24-20-13-19(23)14(4-2)12-16(20)7-10-18(22)15-5-8-17(21)9-6-15/h5-10,12-13,23H,3-4,11,21H2,1-2H3. The maximum Gasteiger partial charge on any atom is 0.185 e. The molecule has 126 valence electrons. The van der Waals surface area contributed by atoms with E-state index in [-0.39, 0.29) is 11.5 Å². The number of aryl methyl sites for hydroxylation is 1. The zero-order valence-electron chi connectivity index (χ0n) is 14.1. The summed E-state index contributed by atoms with van der Waals surface area (Å²) in [5.74, 6) is 0.682. The van der Waals surface area contributed by atoms with Crippen LogP contribution in [0.4, 0.5) is 5.69 Å². The summed E-state index contributed by atoms with van der Waals surface area (Å²) >= 11 is 0. The predicted molar refractivity (Wildman–Crippen MR) is 97.5 cm³/mol. The van der Waals surface area contributed by atoms with Crippen LogP contribution in [-0.4, -0.2) is 17.5 Å². The minimum Gasteiger partial charge on any atom is -0.508 e. The number of allylic oxidation sites excluding steroid dienone is 1. The highest BCUT2D eigenvalue weighted by molar-refractivity contribution is 6.07. The molecule has 2 aromatic rings. The maximum atomic E-state index is 12.3. The summed E-state index contributed by atoms with van der Waals surface area (Å²) in [7, 11) is 0. The van der Waals surface area contributed by atoms with E-state index in [1.807, 2.05) is 19.9 Å². The second-order valence-electron chi connectivity index (χ2n) is 5.54. The molecule has 2 aromatic carbocycles. The monoisotopic (exact) mass is 325 g/mol. The van der Waals surface area contributed by atoms with Crippen molar-refractivity contribution in [1.29, 1.82) is 0 Å². The first-order valence-corrected chi connectivity index (χ1v) is 8.11. The number of ketones is 1. The Labute approximate surface area is 142 Å². The molecule has 0 aliphatic rings. The normalized spacial score (nSPS) is 10.9. The van der Waals surface area contributed by atoms with Crippen LogP contribution in [0.1, 0.15) is 41.8 Å². The van der Waals surface area contributed by atoms with Crippen LogP contribution in [0.25, 0.3) is 6.08 Å². The summed E-state index contributed by atoms with van der Waals surface area (Å²) in [5.41, 5.74) is 8.43. The lowest BCUT2D eigenvalue weighted by molar-refractivity contribution is 0.104. The summed E-state index contributed by atoms with van der Waals surface area (Å²) in [6.07, 6.45) is 4.80. The van der Waals surface area contributed by atoms with Crippen molar-refractivity contribution >= 4 is 17.5 Å². The Bertz CT molecular complexity index is 733. The first-order valence-electron chi connectivity index (χ1n) is 8.11. The van der Waals surface area contributed by atoms with Crippen molar-refractivity contribution in [2.24, 2.45) is 0 Å². The van der Waals surface area contributed by atoms with Crippen molar-refractivity contribution in [3.05, 3.63) is 59.2 Å². The van der Waals surface area contributed by atoms with Gasteiger partial charge in [-0.05, 0) is 60.9 Å². The molecule has 0 aliphatic heterocycles. The molecule has 0 unspecified atom stereocenters. The van der Waals surface area contributed by atoms with Gasteiger partial charge in [-0.25, -0.2) is 0 Å². The summed E-state index contributed by atoms with van der Waals surface area (Å²) in [5, 5.41) is 10.0. The highest BCUT2D eigenvalue weighted by atomic mass is 16.5. The number of nitrogen functional groups attached to an aromatic ring is 1. The SMILES string of the molecule is CCCOc1cc(O)c(CC)cc1C=CC(=O)c1ccc(N)cc1. The van der Waals surface area contributed by atoms with Crippen LogP contribution in [0.3, 0.4) is 0 Å². The molecule has 0 saturated carbocycles. The molecule has 0 radical (unpaired) electrons. The van der Waals surface area contributed by atoms with Crippen LogP contribution in [0.15, 0.2) is 42.5 Å². The molecule has 0 aliphatic carbocycles. The highest BCUT2D eigenvalue weighted by Gasteiger charge is 2.09. The average molecular weight is 325 g/mol. The zero-order valence-corrected chi connectivity index (χ0v) is 14.1. The predicted octanol–water partition coefficient (Wildman–Crippen LogP) is 4.22. The van der Waals surface area contributed by atoms with Gasteiger partial charge in [0, 0.05) is 22.9 Å². The van der Waals surface area contributed by atoms with Gasteiger partial charge in [-0.15, -0.1) is 0 Å². The number of carbonyl (C=O) groups is 1. The number of hydrogen-bond acceptors (Lipinski definition) is 4. The van der Waals surface area contributed by atoms with Crippen LogP contribution in [0.5, 0.6) is 11.5 Å². The van der Waals surface area contributed by atoms with Crippen molar-refractivity contribution in [3.63, 3.8) is 0 Å². The average Bonchev–Trinajstić information content (AvgIpc) is 2.59. The Morgan fingerprint density at radius 3 is 2.54 bits per heavy atom. The third-order valence-electron chi connectivity index (χ3n) is 3.66. The number of nitrogens with two attached hydrogens (primary N) is 1. The fraction of sp³-hybridized carbons (Fsp3) is 0.250. The van der Waals surface area contributed by atoms with Crippen molar-refractivity contribution in [2.75, 3.05) is 12.3 Å². The molecule has 0 aromatic heterocycles. The second-order valence-corrected chi connectivity index (χ2v) is 5.54. The van der Waals surface area contributed by atoms with E-state index >= 15 is 0 Å². The Morgan fingerprint density at radius 2 is 1.92 bits per heavy atom. The fourth-order valence-electron chi connectivity index (χ4n) is 2.29. The van der Waals surface area contributed by atoms with Crippen molar-refractivity contribution in [2.45, 2.75) is 26.7 Å². The molecule has 24 heavy (non-hydrogen) atoms. The van der Waals surface area contributed by atoms with Crippen LogP contribution < -0.4 is 10.5 Å². The summed E-state index contributed by atoms with van der Waals surface area (Å²) in [4.78, 5) is 12.3. The van der Waals surface area contributed by atoms with Crippen LogP contribution >= 0.6 is 0 Å². The molecule has 0 saturated heterocycles. The van der Waals surface area contributed by atoms with Crippen molar-refractivity contribution in [3.8, 4) is 11.5 Å². The molecule has 4 nitrogen and oxygen atoms in total. The lowest BCUT2D eigenvalue weighted by atomic mass is 10.0. The third kappa shape index (κ3) is 4.38. The van der Waals surface area contributed by atoms with Gasteiger partial charge in [0.25, 0.3) is 0 Å². The third-order valence-corrected chi connectivity index (χ3v) is 3.66. The van der Waals surface area contributed by atoms with Gasteiger partial charge in [0.2, 0.25) is 0 Å². The van der Waals surface area contributed by atoms with E-state index in [1.165, 1.54) is 6.08 Å². The number of ether oxygens (including phenoxy) is 1. The first-order chi connectivity index (χ1) is 11.5. The smallest absolute Gasteiger partial charge is 0.185 e. The number of phenols is 1. The largest absolute Gasteiger partial charge is 0.508 e. The van der Waals surface area contributed by atoms with Crippen molar-refractivity contribution in [1.82, 2.24) is 0 Å². The van der Waals surface area contributed by atoms with Crippen LogP contribution in [0.2, 0.25) is 0 Å². The summed E-state index contributed by atoms with van der Waals surface area (Å²) in [6, 6.07) is 10.3. The number of carbonyl (C=O) groups excluding carboxylic acids is 1. The molecule has 0 heterocycles. The molecule has 0 amide bonds. The Hall–Kier alpha value is -2.75. The fourth-order valence-corrected chi connectivity index (χ4v) is 2.29. The van der Waals surface area contributed by atoms with Gasteiger partial charge in [0.05, 0.1) is 6.61 Å². The minimum atomic E-state index is -0.109. The molecule has 0 bridgehead atoms. The quantitative estimate of drug-likeness (QED) is 0.454. The second kappa shape index (κ2) is 8.20. The minimum absolute atomic E-state index is 0.109. The van der Waals surface area contributed by atoms with E-state index < -0.39 is 0 Å². The molecular weight excluding hydrogens is 302 g/mol. The van der Waals surface area contributed by atoms with Gasteiger partial charge in [-0.3, -0.25) is 4.79 Å². The number of anilines is 1. The van der Waals surface area contributed by atoms with E-state index in [0.29, 0.717) is 30.0 Å². The maximum absolute atomic E-state index is 12.3. The van der Waals surface area contributed by atoms with Crippen LogP contribution in [0, 0.1) is 0 Å². The Kier molecular flexibility index (Phi) is 6.01. The van der Waals surface area contributed by atoms with E-state index in [9.17, 15) is 9.90 Å². The topological polar surface area (TPSA) is 72.5 Å². The highest BCUT2D eigenvalue weighted by Crippen LogP contribution is 2.30. The van der Waals surface area contributed by atoms with E-state index in [4.69, 9.17) is 10.5 Å². The number of phenolic OH excluding ortho intramolecular Hbond substituents is 1. The van der Waals surface area contributed by atoms with Gasteiger partial charge >= 0.3 is 0 Å². The van der Waals surface area contributed by atoms with Gasteiger partial charge in [0.15, 0.2) is 5.78 Å².